The second kappa shape index (κ2) is 13.4. The summed E-state index contributed by atoms with van der Waals surface area (Å²) in [7, 11) is 1.60. The molecule has 0 spiro atoms. The Bertz CT molecular complexity index is 1560. The molecule has 2 aromatic carbocycles. The highest BCUT2D eigenvalue weighted by molar-refractivity contribution is 9.10. The van der Waals surface area contributed by atoms with E-state index in [1.54, 1.807) is 25.4 Å². The number of carbonyl (C=O) groups is 1. The SMILES string of the molecule is COc1cc(C2CCCc3nc(SCc4c(F)cncc4Br)n(-c4ccc(F)cc4)c32)ccc1Cl.O=C(O)C(F)(F)F. The van der Waals surface area contributed by atoms with Gasteiger partial charge in [0.2, 0.25) is 0 Å². The number of ether oxygens (including phenoxy) is 1. The molecule has 6 nitrogen and oxygen atoms in total. The van der Waals surface area contributed by atoms with E-state index >= 15 is 0 Å². The van der Waals surface area contributed by atoms with Crippen molar-refractivity contribution < 1.29 is 36.6 Å². The normalized spacial score (nSPS) is 14.5. The van der Waals surface area contributed by atoms with Crippen LogP contribution in [-0.2, 0) is 17.0 Å². The van der Waals surface area contributed by atoms with Crippen LogP contribution in [0, 0.1) is 11.6 Å². The van der Waals surface area contributed by atoms with Crippen molar-refractivity contribution in [2.24, 2.45) is 0 Å². The summed E-state index contributed by atoms with van der Waals surface area (Å²) in [6, 6.07) is 12.2. The van der Waals surface area contributed by atoms with Crippen molar-refractivity contribution in [1.29, 1.82) is 0 Å². The topological polar surface area (TPSA) is 77.2 Å². The molecule has 222 valence electrons. The van der Waals surface area contributed by atoms with E-state index < -0.39 is 12.1 Å². The smallest absolute Gasteiger partial charge is 0.490 e. The predicted octanol–water partition coefficient (Wildman–Crippen LogP) is 8.36. The number of aryl methyl sites for hydroxylation is 1. The molecule has 1 aliphatic rings. The zero-order valence-electron chi connectivity index (χ0n) is 21.8. The maximum absolute atomic E-state index is 14.4. The fourth-order valence-electron chi connectivity index (χ4n) is 4.47. The lowest BCUT2D eigenvalue weighted by molar-refractivity contribution is -0.192. The number of halogens is 7. The molecule has 0 bridgehead atoms. The van der Waals surface area contributed by atoms with Gasteiger partial charge in [-0.15, -0.1) is 0 Å². The van der Waals surface area contributed by atoms with Crippen molar-refractivity contribution in [3.05, 3.63) is 98.5 Å². The molecule has 2 aromatic heterocycles. The minimum absolute atomic E-state index is 0.0567. The summed E-state index contributed by atoms with van der Waals surface area (Å²) in [5, 5.41) is 8.41. The van der Waals surface area contributed by atoms with Gasteiger partial charge in [-0.1, -0.05) is 29.4 Å². The second-order valence-corrected chi connectivity index (χ2v) is 11.3. The van der Waals surface area contributed by atoms with Crippen molar-refractivity contribution >= 4 is 45.3 Å². The van der Waals surface area contributed by atoms with Crippen molar-refractivity contribution in [1.82, 2.24) is 14.5 Å². The quantitative estimate of drug-likeness (QED) is 0.162. The van der Waals surface area contributed by atoms with Crippen LogP contribution in [0.5, 0.6) is 5.75 Å². The first-order valence-electron chi connectivity index (χ1n) is 12.3. The third-order valence-corrected chi connectivity index (χ3v) is 8.36. The number of benzene rings is 2. The van der Waals surface area contributed by atoms with E-state index in [9.17, 15) is 22.0 Å². The van der Waals surface area contributed by atoms with Gasteiger partial charge in [0.15, 0.2) is 5.16 Å². The van der Waals surface area contributed by atoms with Crippen LogP contribution in [-0.4, -0.2) is 38.9 Å². The molecule has 0 fully saturated rings. The number of imidazole rings is 1. The van der Waals surface area contributed by atoms with Gasteiger partial charge < -0.3 is 9.84 Å². The highest BCUT2D eigenvalue weighted by Crippen LogP contribution is 2.43. The number of nitrogens with zero attached hydrogens (tertiary/aromatic N) is 3. The standard InChI is InChI=1S/C26H21BrClF2N3OS.C2HF3O2/c1-34-24-11-15(5-10-21(24)28)18-3-2-4-23-25(18)33(17-8-6-16(29)7-9-17)26(32-23)35-14-19-20(27)12-31-13-22(19)30;3-2(4,5)1(6)7/h5-13,18H,2-4,14H2,1H3;(H,6,7). The molecule has 42 heavy (non-hydrogen) atoms. The summed E-state index contributed by atoms with van der Waals surface area (Å²) in [4.78, 5) is 17.8. The second-order valence-electron chi connectivity index (χ2n) is 9.05. The summed E-state index contributed by atoms with van der Waals surface area (Å²) in [6.45, 7) is 0. The lowest BCUT2D eigenvalue weighted by Gasteiger charge is -2.26. The number of alkyl halides is 3. The summed E-state index contributed by atoms with van der Waals surface area (Å²) in [5.41, 5.74) is 4.47. The lowest BCUT2D eigenvalue weighted by atomic mass is 9.84. The number of hydrogen-bond acceptors (Lipinski definition) is 5. The Labute approximate surface area is 255 Å². The van der Waals surface area contributed by atoms with Crippen LogP contribution >= 0.6 is 39.3 Å². The Kier molecular flexibility index (Phi) is 10.2. The maximum Gasteiger partial charge on any atom is 0.490 e. The number of methoxy groups -OCH3 is 1. The summed E-state index contributed by atoms with van der Waals surface area (Å²) >= 11 is 11.1. The molecule has 5 rings (SSSR count). The van der Waals surface area contributed by atoms with Gasteiger partial charge in [-0.05, 0) is 77.2 Å². The molecule has 1 aliphatic carbocycles. The van der Waals surface area contributed by atoms with E-state index in [0.29, 0.717) is 26.6 Å². The monoisotopic (exact) mass is 689 g/mol. The molecule has 0 radical (unpaired) electrons. The van der Waals surface area contributed by atoms with Gasteiger partial charge in [-0.3, -0.25) is 9.55 Å². The highest BCUT2D eigenvalue weighted by atomic mass is 79.9. The first kappa shape index (κ1) is 31.8. The average Bonchev–Trinajstić information content (AvgIpc) is 3.32. The Morgan fingerprint density at radius 1 is 1.19 bits per heavy atom. The zero-order chi connectivity index (χ0) is 30.6. The van der Waals surface area contributed by atoms with E-state index in [0.717, 1.165) is 47.1 Å². The summed E-state index contributed by atoms with van der Waals surface area (Å²) in [6.07, 6.45) is 0.463. The van der Waals surface area contributed by atoms with Gasteiger partial charge in [0.05, 0.1) is 29.7 Å². The number of fused-ring (bicyclic) bond motifs is 1. The molecule has 1 unspecified atom stereocenters. The van der Waals surface area contributed by atoms with Gasteiger partial charge in [0.1, 0.15) is 17.4 Å². The molecule has 0 aliphatic heterocycles. The van der Waals surface area contributed by atoms with Crippen molar-refractivity contribution in [3.63, 3.8) is 0 Å². The van der Waals surface area contributed by atoms with Gasteiger partial charge in [-0.2, -0.15) is 13.2 Å². The number of aliphatic carboxylic acids is 1. The van der Waals surface area contributed by atoms with Crippen molar-refractivity contribution in [2.75, 3.05) is 7.11 Å². The van der Waals surface area contributed by atoms with Gasteiger partial charge in [0.25, 0.3) is 0 Å². The lowest BCUT2D eigenvalue weighted by Crippen LogP contribution is -2.21. The zero-order valence-corrected chi connectivity index (χ0v) is 24.9. The van der Waals surface area contributed by atoms with Crippen molar-refractivity contribution in [2.45, 2.75) is 42.3 Å². The van der Waals surface area contributed by atoms with Gasteiger partial charge in [-0.25, -0.2) is 18.6 Å². The number of rotatable bonds is 6. The fourth-order valence-corrected chi connectivity index (χ4v) is 6.38. The molecule has 0 saturated heterocycles. The summed E-state index contributed by atoms with van der Waals surface area (Å²) < 4.78 is 68.1. The number of aromatic nitrogens is 3. The number of thioether (sulfide) groups is 1. The number of hydrogen-bond donors (Lipinski definition) is 1. The number of pyridine rings is 1. The largest absolute Gasteiger partial charge is 0.495 e. The van der Waals surface area contributed by atoms with Crippen LogP contribution in [0.25, 0.3) is 5.69 Å². The molecular weight excluding hydrogens is 669 g/mol. The Morgan fingerprint density at radius 2 is 1.88 bits per heavy atom. The van der Waals surface area contributed by atoms with Crippen LogP contribution in [0.1, 0.15) is 41.3 Å². The van der Waals surface area contributed by atoms with Gasteiger partial charge in [0, 0.05) is 33.6 Å². The minimum atomic E-state index is -5.08. The van der Waals surface area contributed by atoms with E-state index in [4.69, 9.17) is 31.2 Å². The maximum atomic E-state index is 14.4. The molecule has 2 heterocycles. The molecule has 14 heteroatoms. The summed E-state index contributed by atoms with van der Waals surface area (Å²) in [5.74, 6) is -2.39. The first-order chi connectivity index (χ1) is 19.9. The minimum Gasteiger partial charge on any atom is -0.495 e. The van der Waals surface area contributed by atoms with Crippen LogP contribution in [0.3, 0.4) is 0 Å². The Morgan fingerprint density at radius 3 is 2.50 bits per heavy atom. The number of carboxylic acids is 1. The molecule has 0 saturated carbocycles. The average molecular weight is 691 g/mol. The third-order valence-electron chi connectivity index (χ3n) is 6.40. The Balaban J connectivity index is 0.000000517. The van der Waals surface area contributed by atoms with Gasteiger partial charge >= 0.3 is 12.1 Å². The molecule has 1 atom stereocenters. The molecular formula is C28H22BrClF5N3O3S. The van der Waals surface area contributed by atoms with Crippen LogP contribution in [0.15, 0.2) is 64.5 Å². The van der Waals surface area contributed by atoms with Crippen LogP contribution < -0.4 is 4.74 Å². The highest BCUT2D eigenvalue weighted by Gasteiger charge is 2.38. The fraction of sp³-hybridized carbons (Fsp3) is 0.250. The van der Waals surface area contributed by atoms with E-state index in [1.807, 2.05) is 18.2 Å². The van der Waals surface area contributed by atoms with E-state index in [-0.39, 0.29) is 17.6 Å². The molecule has 1 N–H and O–H groups in total. The third kappa shape index (κ3) is 7.24. The van der Waals surface area contributed by atoms with Crippen molar-refractivity contribution in [3.8, 4) is 11.4 Å². The van der Waals surface area contributed by atoms with Crippen LogP contribution in [0.2, 0.25) is 5.02 Å². The molecule has 4 aromatic rings. The van der Waals surface area contributed by atoms with E-state index in [2.05, 4.69) is 25.5 Å². The number of carboxylic acid groups (broad SMARTS) is 1. The molecule has 0 amide bonds. The predicted molar refractivity (Wildman–Crippen MR) is 151 cm³/mol. The van der Waals surface area contributed by atoms with E-state index in [1.165, 1.54) is 30.1 Å². The first-order valence-corrected chi connectivity index (χ1v) is 14.5. The Hall–Kier alpha value is -3.16. The van der Waals surface area contributed by atoms with Crippen LogP contribution in [0.4, 0.5) is 22.0 Å².